The highest BCUT2D eigenvalue weighted by molar-refractivity contribution is 6.16. The Morgan fingerprint density at radius 2 is 2.12 bits per heavy atom. The number of aliphatic hydroxyl groups excluding tert-OH is 1. The minimum Gasteiger partial charge on any atom is -0.400 e. The van der Waals surface area contributed by atoms with Crippen LogP contribution < -0.4 is 10.2 Å². The van der Waals surface area contributed by atoms with Crippen LogP contribution in [-0.4, -0.2) is 16.5 Å². The van der Waals surface area contributed by atoms with E-state index in [2.05, 4.69) is 9.72 Å². The normalized spacial score (nSPS) is 11.6. The van der Waals surface area contributed by atoms with Crippen LogP contribution >= 0.6 is 11.6 Å². The third-order valence-corrected chi connectivity index (χ3v) is 1.92. The van der Waals surface area contributed by atoms with Crippen molar-refractivity contribution < 1.29 is 23.0 Å². The molecule has 0 atom stereocenters. The zero-order chi connectivity index (χ0) is 12.3. The Labute approximate surface area is 92.6 Å². The van der Waals surface area contributed by atoms with Gasteiger partial charge in [0, 0.05) is 11.8 Å². The van der Waals surface area contributed by atoms with Crippen molar-refractivity contribution in [3.05, 3.63) is 27.7 Å². The number of halogens is 4. The second kappa shape index (κ2) is 4.75. The second-order valence-corrected chi connectivity index (χ2v) is 3.07. The van der Waals surface area contributed by atoms with E-state index in [0.29, 0.717) is 0 Å². The number of hydrogen-bond acceptors (Lipinski definition) is 3. The Hall–Kier alpha value is -1.21. The fourth-order valence-corrected chi connectivity index (χ4v) is 1.21. The molecule has 0 spiro atoms. The lowest BCUT2D eigenvalue weighted by Gasteiger charge is -2.12. The maximum atomic E-state index is 11.9. The van der Waals surface area contributed by atoms with Gasteiger partial charge in [0.05, 0.1) is 18.2 Å². The maximum absolute atomic E-state index is 11.9. The van der Waals surface area contributed by atoms with Gasteiger partial charge in [0.25, 0.3) is 0 Å². The standard InChI is InChI=1S/C8H7ClF3NO3/c9-2-4-1-6(15)7(5(3-14)13-4)16-8(10,11)12/h1,14H,2-3H2,(H,13,15). The molecule has 2 N–H and O–H groups in total. The third kappa shape index (κ3) is 3.14. The second-order valence-electron chi connectivity index (χ2n) is 2.81. The summed E-state index contributed by atoms with van der Waals surface area (Å²) in [5.41, 5.74) is -1.15. The van der Waals surface area contributed by atoms with Crippen LogP contribution in [0.5, 0.6) is 5.75 Å². The van der Waals surface area contributed by atoms with Crippen LogP contribution in [-0.2, 0) is 12.5 Å². The number of aromatic amines is 1. The number of aliphatic hydroxyl groups is 1. The molecule has 0 fully saturated rings. The molecule has 16 heavy (non-hydrogen) atoms. The van der Waals surface area contributed by atoms with Crippen molar-refractivity contribution in [2.24, 2.45) is 0 Å². The minimum atomic E-state index is -4.99. The van der Waals surface area contributed by atoms with E-state index in [4.69, 9.17) is 16.7 Å². The topological polar surface area (TPSA) is 62.3 Å². The molecule has 0 aliphatic rings. The van der Waals surface area contributed by atoms with Crippen molar-refractivity contribution in [3.63, 3.8) is 0 Å². The van der Waals surface area contributed by atoms with Crippen LogP contribution in [0.1, 0.15) is 11.4 Å². The van der Waals surface area contributed by atoms with Crippen molar-refractivity contribution in [1.29, 1.82) is 0 Å². The Balaban J connectivity index is 3.22. The number of H-pyrrole nitrogens is 1. The summed E-state index contributed by atoms with van der Waals surface area (Å²) in [4.78, 5) is 13.6. The van der Waals surface area contributed by atoms with Crippen molar-refractivity contribution >= 4 is 11.6 Å². The molecule has 90 valence electrons. The Kier molecular flexibility index (Phi) is 3.82. The summed E-state index contributed by atoms with van der Waals surface area (Å²) in [5.74, 6) is -1.06. The quantitative estimate of drug-likeness (QED) is 0.807. The number of nitrogens with one attached hydrogen (secondary N) is 1. The molecular weight excluding hydrogens is 251 g/mol. The first kappa shape index (κ1) is 12.9. The molecule has 0 radical (unpaired) electrons. The highest BCUT2D eigenvalue weighted by atomic mass is 35.5. The molecule has 0 saturated carbocycles. The first-order chi connectivity index (χ1) is 7.37. The number of pyridine rings is 1. The van der Waals surface area contributed by atoms with Crippen LogP contribution in [0.25, 0.3) is 0 Å². The van der Waals surface area contributed by atoms with E-state index in [0.717, 1.165) is 6.07 Å². The fraction of sp³-hybridized carbons (Fsp3) is 0.375. The third-order valence-electron chi connectivity index (χ3n) is 1.63. The van der Waals surface area contributed by atoms with E-state index in [9.17, 15) is 18.0 Å². The number of hydrogen-bond donors (Lipinski definition) is 2. The van der Waals surface area contributed by atoms with Gasteiger partial charge in [0.1, 0.15) is 0 Å². The first-order valence-electron chi connectivity index (χ1n) is 4.05. The maximum Gasteiger partial charge on any atom is 0.573 e. The predicted molar refractivity (Wildman–Crippen MR) is 49.2 cm³/mol. The lowest BCUT2D eigenvalue weighted by atomic mass is 10.3. The molecule has 8 heteroatoms. The lowest BCUT2D eigenvalue weighted by molar-refractivity contribution is -0.275. The minimum absolute atomic E-state index is 0.0888. The van der Waals surface area contributed by atoms with Gasteiger partial charge in [-0.15, -0.1) is 24.8 Å². The number of alkyl halides is 4. The summed E-state index contributed by atoms with van der Waals surface area (Å²) in [6.45, 7) is -0.786. The predicted octanol–water partition coefficient (Wildman–Crippen LogP) is 1.50. The SMILES string of the molecule is O=c1cc(CCl)[nH]c(CO)c1OC(F)(F)F. The molecule has 1 aromatic rings. The summed E-state index contributed by atoms with van der Waals surface area (Å²) in [6.07, 6.45) is -4.99. The molecule has 0 bridgehead atoms. The number of rotatable bonds is 3. The highest BCUT2D eigenvalue weighted by Crippen LogP contribution is 2.22. The average Bonchev–Trinajstić information content (AvgIpc) is 2.19. The highest BCUT2D eigenvalue weighted by Gasteiger charge is 2.33. The molecule has 0 saturated heterocycles. The van der Waals surface area contributed by atoms with Crippen molar-refractivity contribution in [2.45, 2.75) is 18.8 Å². The van der Waals surface area contributed by atoms with E-state index < -0.39 is 24.1 Å². The van der Waals surface area contributed by atoms with E-state index in [1.807, 2.05) is 0 Å². The zero-order valence-corrected chi connectivity index (χ0v) is 8.52. The van der Waals surface area contributed by atoms with Crippen LogP contribution in [0.4, 0.5) is 13.2 Å². The van der Waals surface area contributed by atoms with Crippen molar-refractivity contribution in [3.8, 4) is 5.75 Å². The van der Waals surface area contributed by atoms with E-state index in [-0.39, 0.29) is 17.3 Å². The van der Waals surface area contributed by atoms with Gasteiger partial charge < -0.3 is 14.8 Å². The van der Waals surface area contributed by atoms with Gasteiger partial charge in [-0.1, -0.05) is 0 Å². The average molecular weight is 258 g/mol. The summed E-state index contributed by atoms with van der Waals surface area (Å²) in [7, 11) is 0. The molecule has 1 aromatic heterocycles. The Bertz CT molecular complexity index is 430. The van der Waals surface area contributed by atoms with Gasteiger partial charge in [0.2, 0.25) is 5.43 Å². The molecule has 0 unspecified atom stereocenters. The molecule has 1 heterocycles. The Morgan fingerprint density at radius 1 is 1.50 bits per heavy atom. The summed E-state index contributed by atoms with van der Waals surface area (Å²) in [6, 6.07) is 0.882. The first-order valence-corrected chi connectivity index (χ1v) is 4.58. The molecule has 0 aliphatic carbocycles. The molecule has 0 aliphatic heterocycles. The van der Waals surface area contributed by atoms with E-state index in [1.165, 1.54) is 0 Å². The van der Waals surface area contributed by atoms with E-state index in [1.54, 1.807) is 0 Å². The summed E-state index contributed by atoms with van der Waals surface area (Å²) in [5, 5.41) is 8.80. The molecule has 0 amide bonds. The number of aromatic nitrogens is 1. The van der Waals surface area contributed by atoms with Gasteiger partial charge in [0.15, 0.2) is 5.75 Å². The Morgan fingerprint density at radius 3 is 2.56 bits per heavy atom. The van der Waals surface area contributed by atoms with Gasteiger partial charge in [-0.2, -0.15) is 0 Å². The monoisotopic (exact) mass is 257 g/mol. The lowest BCUT2D eigenvalue weighted by Crippen LogP contribution is -2.24. The molecular formula is C8H7ClF3NO3. The summed E-state index contributed by atoms with van der Waals surface area (Å²) < 4.78 is 39.3. The fourth-order valence-electron chi connectivity index (χ4n) is 1.07. The van der Waals surface area contributed by atoms with Crippen molar-refractivity contribution in [1.82, 2.24) is 4.98 Å². The molecule has 0 aromatic carbocycles. The van der Waals surface area contributed by atoms with Crippen LogP contribution in [0.3, 0.4) is 0 Å². The smallest absolute Gasteiger partial charge is 0.400 e. The van der Waals surface area contributed by atoms with Gasteiger partial charge in [-0.05, 0) is 0 Å². The van der Waals surface area contributed by atoms with Crippen molar-refractivity contribution in [2.75, 3.05) is 0 Å². The largest absolute Gasteiger partial charge is 0.573 e. The van der Waals surface area contributed by atoms with Gasteiger partial charge >= 0.3 is 6.36 Å². The zero-order valence-electron chi connectivity index (χ0n) is 7.77. The van der Waals surface area contributed by atoms with Gasteiger partial charge in [-0.3, -0.25) is 4.79 Å². The molecule has 4 nitrogen and oxygen atoms in total. The van der Waals surface area contributed by atoms with Gasteiger partial charge in [-0.25, -0.2) is 0 Å². The summed E-state index contributed by atoms with van der Waals surface area (Å²) >= 11 is 5.40. The van der Waals surface area contributed by atoms with E-state index >= 15 is 0 Å². The van der Waals surface area contributed by atoms with Crippen LogP contribution in [0.2, 0.25) is 0 Å². The molecule has 1 rings (SSSR count). The van der Waals surface area contributed by atoms with Crippen LogP contribution in [0.15, 0.2) is 10.9 Å². The number of ether oxygens (including phenoxy) is 1. The van der Waals surface area contributed by atoms with Crippen LogP contribution in [0, 0.1) is 0 Å².